The molecule has 1 atom stereocenters. The van der Waals surface area contributed by atoms with Gasteiger partial charge in [0.15, 0.2) is 11.0 Å². The number of carbonyl (C=O) groups excluding carboxylic acids is 1. The zero-order valence-corrected chi connectivity index (χ0v) is 20.0. The summed E-state index contributed by atoms with van der Waals surface area (Å²) in [5, 5.41) is 21.0. The van der Waals surface area contributed by atoms with E-state index in [1.54, 1.807) is 36.7 Å². The van der Waals surface area contributed by atoms with Crippen LogP contribution < -0.4 is 5.32 Å². The number of hydrogen-bond donors (Lipinski definition) is 1. The Labute approximate surface area is 202 Å². The third-order valence-corrected chi connectivity index (χ3v) is 6.33. The Kier molecular flexibility index (Phi) is 7.04. The summed E-state index contributed by atoms with van der Waals surface area (Å²) in [6.45, 7) is 6.13. The summed E-state index contributed by atoms with van der Waals surface area (Å²) in [6, 6.07) is 20.8. The molecule has 34 heavy (non-hydrogen) atoms. The molecule has 0 saturated heterocycles. The highest BCUT2D eigenvalue weighted by molar-refractivity contribution is 8.00. The number of amides is 1. The molecule has 0 bridgehead atoms. The van der Waals surface area contributed by atoms with Crippen molar-refractivity contribution < 1.29 is 4.79 Å². The van der Waals surface area contributed by atoms with Crippen LogP contribution in [0.5, 0.6) is 0 Å². The van der Waals surface area contributed by atoms with E-state index in [2.05, 4.69) is 46.5 Å². The van der Waals surface area contributed by atoms with Gasteiger partial charge in [-0.15, -0.1) is 10.2 Å². The van der Waals surface area contributed by atoms with Crippen molar-refractivity contribution in [3.63, 3.8) is 0 Å². The van der Waals surface area contributed by atoms with Gasteiger partial charge in [0.2, 0.25) is 5.91 Å². The number of anilines is 1. The van der Waals surface area contributed by atoms with Crippen LogP contribution in [0.4, 0.5) is 5.69 Å². The Morgan fingerprint density at radius 1 is 1.03 bits per heavy atom. The average Bonchev–Trinajstić information content (AvgIpc) is 3.28. The van der Waals surface area contributed by atoms with Gasteiger partial charge in [0.25, 0.3) is 0 Å². The van der Waals surface area contributed by atoms with Gasteiger partial charge in [-0.05, 0) is 60.9 Å². The Hall–Kier alpha value is -3.96. The van der Waals surface area contributed by atoms with Gasteiger partial charge in [0, 0.05) is 23.6 Å². The summed E-state index contributed by atoms with van der Waals surface area (Å²) >= 11 is 1.34. The highest BCUT2D eigenvalue weighted by Crippen LogP contribution is 2.33. The van der Waals surface area contributed by atoms with Crippen molar-refractivity contribution in [1.82, 2.24) is 19.7 Å². The van der Waals surface area contributed by atoms with E-state index in [1.807, 2.05) is 41.8 Å². The number of para-hydroxylation sites is 1. The Balaban J connectivity index is 1.67. The van der Waals surface area contributed by atoms with E-state index in [1.165, 1.54) is 11.8 Å². The molecule has 7 nitrogen and oxygen atoms in total. The molecule has 0 aliphatic heterocycles. The van der Waals surface area contributed by atoms with E-state index in [-0.39, 0.29) is 11.8 Å². The molecule has 0 fully saturated rings. The molecular weight excluding hydrogens is 444 g/mol. The molecule has 2 heterocycles. The summed E-state index contributed by atoms with van der Waals surface area (Å²) < 4.78 is 2.00. The normalized spacial score (nSPS) is 11.7. The van der Waals surface area contributed by atoms with Gasteiger partial charge in [-0.25, -0.2) is 0 Å². The summed E-state index contributed by atoms with van der Waals surface area (Å²) in [6.07, 6.45) is 3.48. The Bertz CT molecular complexity index is 1330. The lowest BCUT2D eigenvalue weighted by molar-refractivity contribution is -0.115. The van der Waals surface area contributed by atoms with Gasteiger partial charge in [-0.3, -0.25) is 14.3 Å². The van der Waals surface area contributed by atoms with Crippen LogP contribution in [0.3, 0.4) is 0 Å². The molecule has 0 aliphatic rings. The SMILES string of the molecule is CC(Sc1nnc(-c2cccnc2)n1-c1ccccc1C(C)C)C(=O)Nc1ccc(C#N)cc1. The lowest BCUT2D eigenvalue weighted by Crippen LogP contribution is -2.23. The van der Waals surface area contributed by atoms with Gasteiger partial charge in [-0.1, -0.05) is 43.8 Å². The summed E-state index contributed by atoms with van der Waals surface area (Å²) in [4.78, 5) is 17.1. The lowest BCUT2D eigenvalue weighted by Gasteiger charge is -2.18. The van der Waals surface area contributed by atoms with Gasteiger partial charge in [0.1, 0.15) is 0 Å². The number of hydrogen-bond acceptors (Lipinski definition) is 6. The van der Waals surface area contributed by atoms with E-state index in [0.717, 1.165) is 16.8 Å². The molecule has 170 valence electrons. The van der Waals surface area contributed by atoms with Crippen LogP contribution in [-0.2, 0) is 4.79 Å². The quantitative estimate of drug-likeness (QED) is 0.363. The minimum absolute atomic E-state index is 0.163. The maximum absolute atomic E-state index is 12.9. The van der Waals surface area contributed by atoms with Crippen molar-refractivity contribution in [1.29, 1.82) is 5.26 Å². The van der Waals surface area contributed by atoms with E-state index in [4.69, 9.17) is 5.26 Å². The fourth-order valence-electron chi connectivity index (χ4n) is 3.51. The minimum atomic E-state index is -0.438. The van der Waals surface area contributed by atoms with Crippen molar-refractivity contribution in [2.45, 2.75) is 37.1 Å². The number of nitriles is 1. The molecule has 0 spiro atoms. The molecule has 0 radical (unpaired) electrons. The number of nitrogens with zero attached hydrogens (tertiary/aromatic N) is 5. The topological polar surface area (TPSA) is 96.5 Å². The number of rotatable bonds is 7. The molecular formula is C26H24N6OS. The van der Waals surface area contributed by atoms with Crippen molar-refractivity contribution in [3.05, 3.63) is 84.2 Å². The molecule has 2 aromatic carbocycles. The number of aromatic nitrogens is 4. The standard InChI is InChI=1S/C26H24N6OS/c1-17(2)22-8-4-5-9-23(22)32-24(20-7-6-14-28-16-20)30-31-26(32)34-18(3)25(33)29-21-12-10-19(15-27)11-13-21/h4-14,16-18H,1-3H3,(H,29,33). The Morgan fingerprint density at radius 2 is 1.79 bits per heavy atom. The molecule has 8 heteroatoms. The summed E-state index contributed by atoms with van der Waals surface area (Å²) in [5.41, 5.74) is 4.15. The number of benzene rings is 2. The Morgan fingerprint density at radius 3 is 2.47 bits per heavy atom. The number of nitrogens with one attached hydrogen (secondary N) is 1. The maximum Gasteiger partial charge on any atom is 0.237 e. The molecule has 2 aromatic heterocycles. The van der Waals surface area contributed by atoms with Crippen molar-refractivity contribution in [2.75, 3.05) is 5.32 Å². The number of pyridine rings is 1. The molecule has 1 N–H and O–H groups in total. The zero-order chi connectivity index (χ0) is 24.1. The first-order valence-electron chi connectivity index (χ1n) is 10.9. The smallest absolute Gasteiger partial charge is 0.237 e. The van der Waals surface area contributed by atoms with Crippen LogP contribution in [0.15, 0.2) is 78.2 Å². The predicted octanol–water partition coefficient (Wildman–Crippen LogP) is 5.44. The first-order chi connectivity index (χ1) is 16.5. The van der Waals surface area contributed by atoms with Crippen LogP contribution in [0, 0.1) is 11.3 Å². The third-order valence-electron chi connectivity index (χ3n) is 5.29. The third kappa shape index (κ3) is 5.00. The fourth-order valence-corrected chi connectivity index (χ4v) is 4.37. The van der Waals surface area contributed by atoms with Gasteiger partial charge >= 0.3 is 0 Å². The molecule has 4 rings (SSSR count). The second-order valence-electron chi connectivity index (χ2n) is 8.04. The van der Waals surface area contributed by atoms with Crippen LogP contribution in [-0.4, -0.2) is 30.9 Å². The molecule has 4 aromatic rings. The summed E-state index contributed by atoms with van der Waals surface area (Å²) in [7, 11) is 0. The molecule has 0 saturated carbocycles. The second kappa shape index (κ2) is 10.3. The zero-order valence-electron chi connectivity index (χ0n) is 19.1. The molecule has 0 aliphatic carbocycles. The van der Waals surface area contributed by atoms with Crippen molar-refractivity contribution in [3.8, 4) is 23.1 Å². The highest BCUT2D eigenvalue weighted by atomic mass is 32.2. The largest absolute Gasteiger partial charge is 0.325 e. The molecule has 1 amide bonds. The fraction of sp³-hybridized carbons (Fsp3) is 0.192. The maximum atomic E-state index is 12.9. The monoisotopic (exact) mass is 468 g/mol. The highest BCUT2D eigenvalue weighted by Gasteiger charge is 2.23. The van der Waals surface area contributed by atoms with Crippen molar-refractivity contribution in [2.24, 2.45) is 0 Å². The predicted molar refractivity (Wildman–Crippen MR) is 134 cm³/mol. The number of thioether (sulfide) groups is 1. The first-order valence-corrected chi connectivity index (χ1v) is 11.8. The van der Waals surface area contributed by atoms with Crippen LogP contribution in [0.2, 0.25) is 0 Å². The van der Waals surface area contributed by atoms with Gasteiger partial charge in [-0.2, -0.15) is 5.26 Å². The van der Waals surface area contributed by atoms with E-state index in [0.29, 0.717) is 22.2 Å². The van der Waals surface area contributed by atoms with E-state index >= 15 is 0 Å². The van der Waals surface area contributed by atoms with Crippen LogP contribution in [0.1, 0.15) is 37.8 Å². The minimum Gasteiger partial charge on any atom is -0.325 e. The lowest BCUT2D eigenvalue weighted by atomic mass is 10.0. The van der Waals surface area contributed by atoms with Crippen LogP contribution >= 0.6 is 11.8 Å². The van der Waals surface area contributed by atoms with E-state index < -0.39 is 5.25 Å². The van der Waals surface area contributed by atoms with E-state index in [9.17, 15) is 4.79 Å². The van der Waals surface area contributed by atoms with Gasteiger partial charge < -0.3 is 5.32 Å². The first kappa shape index (κ1) is 23.2. The summed E-state index contributed by atoms with van der Waals surface area (Å²) in [5.74, 6) is 0.794. The molecule has 1 unspecified atom stereocenters. The average molecular weight is 469 g/mol. The number of carbonyl (C=O) groups is 1. The van der Waals surface area contributed by atoms with Crippen molar-refractivity contribution >= 4 is 23.4 Å². The van der Waals surface area contributed by atoms with Crippen LogP contribution in [0.25, 0.3) is 17.1 Å². The van der Waals surface area contributed by atoms with Gasteiger partial charge in [0.05, 0.1) is 22.6 Å². The second-order valence-corrected chi connectivity index (χ2v) is 9.34.